The Morgan fingerprint density at radius 1 is 1.33 bits per heavy atom. The minimum atomic E-state index is 0.269. The molecule has 98 valence electrons. The molecule has 2 aliphatic rings. The molecule has 1 heterocycles. The molecule has 2 atom stereocenters. The predicted octanol–water partition coefficient (Wildman–Crippen LogP) is 3.35. The molecule has 0 amide bonds. The summed E-state index contributed by atoms with van der Waals surface area (Å²) in [6.45, 7) is 3.42. The normalized spacial score (nSPS) is 25.7. The van der Waals surface area contributed by atoms with Crippen LogP contribution in [0.1, 0.15) is 31.7 Å². The molecule has 18 heavy (non-hydrogen) atoms. The summed E-state index contributed by atoms with van der Waals surface area (Å²) in [5.74, 6) is 2.21. The van der Waals surface area contributed by atoms with Gasteiger partial charge in [-0.1, -0.05) is 24.9 Å². The average molecular weight is 268 g/mol. The van der Waals surface area contributed by atoms with Crippen molar-refractivity contribution in [3.05, 3.63) is 22.7 Å². The fraction of sp³-hybridized carbons (Fsp3) is 0.571. The lowest BCUT2D eigenvalue weighted by Crippen LogP contribution is -2.30. The van der Waals surface area contributed by atoms with Crippen LogP contribution in [0.4, 0.5) is 0 Å². The molecule has 1 aliphatic heterocycles. The van der Waals surface area contributed by atoms with Crippen LogP contribution in [-0.4, -0.2) is 12.8 Å². The Balaban J connectivity index is 1.68. The van der Waals surface area contributed by atoms with E-state index in [9.17, 15) is 0 Å². The molecule has 1 aromatic carbocycles. The molecule has 0 spiro atoms. The van der Waals surface area contributed by atoms with Gasteiger partial charge < -0.3 is 14.8 Å². The molecule has 0 saturated heterocycles. The summed E-state index contributed by atoms with van der Waals surface area (Å²) in [5.41, 5.74) is 1.16. The van der Waals surface area contributed by atoms with Gasteiger partial charge in [0.1, 0.15) is 0 Å². The SMILES string of the molecule is CC1CCCC1NCc1cc(Cl)c2c(c1)OCO2. The van der Waals surface area contributed by atoms with Crippen molar-refractivity contribution in [1.29, 1.82) is 0 Å². The van der Waals surface area contributed by atoms with E-state index in [1.54, 1.807) is 0 Å². The van der Waals surface area contributed by atoms with Gasteiger partial charge in [-0.2, -0.15) is 0 Å². The predicted molar refractivity (Wildman–Crippen MR) is 71.2 cm³/mol. The van der Waals surface area contributed by atoms with E-state index in [0.717, 1.165) is 23.8 Å². The van der Waals surface area contributed by atoms with Gasteiger partial charge in [0.05, 0.1) is 5.02 Å². The molecule has 2 unspecified atom stereocenters. The van der Waals surface area contributed by atoms with Crippen LogP contribution in [-0.2, 0) is 6.54 Å². The number of ether oxygens (including phenoxy) is 2. The van der Waals surface area contributed by atoms with E-state index in [1.807, 2.05) is 12.1 Å². The van der Waals surface area contributed by atoms with Crippen molar-refractivity contribution in [2.45, 2.75) is 38.8 Å². The van der Waals surface area contributed by atoms with Crippen LogP contribution in [0.3, 0.4) is 0 Å². The zero-order valence-electron chi connectivity index (χ0n) is 10.5. The molecular formula is C14H18ClNO2. The number of rotatable bonds is 3. The van der Waals surface area contributed by atoms with Gasteiger partial charge >= 0.3 is 0 Å². The fourth-order valence-electron chi connectivity index (χ4n) is 2.82. The summed E-state index contributed by atoms with van der Waals surface area (Å²) in [5, 5.41) is 4.25. The number of hydrogen-bond donors (Lipinski definition) is 1. The Morgan fingerprint density at radius 2 is 2.22 bits per heavy atom. The Morgan fingerprint density at radius 3 is 3.00 bits per heavy atom. The van der Waals surface area contributed by atoms with Crippen LogP contribution in [0, 0.1) is 5.92 Å². The van der Waals surface area contributed by atoms with E-state index in [2.05, 4.69) is 12.2 Å². The monoisotopic (exact) mass is 267 g/mol. The molecule has 1 saturated carbocycles. The molecule has 1 aliphatic carbocycles. The third-order valence-corrected chi connectivity index (χ3v) is 4.20. The van der Waals surface area contributed by atoms with Crippen molar-refractivity contribution >= 4 is 11.6 Å². The lowest BCUT2D eigenvalue weighted by atomic mass is 10.1. The highest BCUT2D eigenvalue weighted by molar-refractivity contribution is 6.32. The minimum Gasteiger partial charge on any atom is -0.454 e. The highest BCUT2D eigenvalue weighted by atomic mass is 35.5. The fourth-order valence-corrected chi connectivity index (χ4v) is 3.11. The number of hydrogen-bond acceptors (Lipinski definition) is 3. The molecule has 3 nitrogen and oxygen atoms in total. The van der Waals surface area contributed by atoms with Gasteiger partial charge in [0.25, 0.3) is 0 Å². The van der Waals surface area contributed by atoms with Crippen molar-refractivity contribution in [1.82, 2.24) is 5.32 Å². The molecule has 1 aromatic rings. The van der Waals surface area contributed by atoms with E-state index in [1.165, 1.54) is 19.3 Å². The van der Waals surface area contributed by atoms with Crippen molar-refractivity contribution in [3.63, 3.8) is 0 Å². The topological polar surface area (TPSA) is 30.5 Å². The van der Waals surface area contributed by atoms with Crippen molar-refractivity contribution < 1.29 is 9.47 Å². The van der Waals surface area contributed by atoms with Gasteiger partial charge in [-0.3, -0.25) is 0 Å². The van der Waals surface area contributed by atoms with Crippen molar-refractivity contribution in [3.8, 4) is 11.5 Å². The summed E-state index contributed by atoms with van der Waals surface area (Å²) in [4.78, 5) is 0. The minimum absolute atomic E-state index is 0.269. The van der Waals surface area contributed by atoms with Gasteiger partial charge in [0.2, 0.25) is 6.79 Å². The molecule has 0 aromatic heterocycles. The molecule has 3 rings (SSSR count). The smallest absolute Gasteiger partial charge is 0.231 e. The second kappa shape index (κ2) is 4.98. The van der Waals surface area contributed by atoms with E-state index in [-0.39, 0.29) is 6.79 Å². The van der Waals surface area contributed by atoms with Crippen LogP contribution < -0.4 is 14.8 Å². The second-order valence-electron chi connectivity index (χ2n) is 5.21. The van der Waals surface area contributed by atoms with Crippen LogP contribution in [0.2, 0.25) is 5.02 Å². The number of fused-ring (bicyclic) bond motifs is 1. The first-order valence-electron chi connectivity index (χ1n) is 6.55. The van der Waals surface area contributed by atoms with E-state index in [4.69, 9.17) is 21.1 Å². The van der Waals surface area contributed by atoms with Crippen LogP contribution in [0.15, 0.2) is 12.1 Å². The van der Waals surface area contributed by atoms with Crippen LogP contribution >= 0.6 is 11.6 Å². The Hall–Kier alpha value is -0.930. The lowest BCUT2D eigenvalue weighted by Gasteiger charge is -2.17. The first-order chi connectivity index (χ1) is 8.74. The Labute approximate surface area is 112 Å². The maximum absolute atomic E-state index is 6.17. The highest BCUT2D eigenvalue weighted by Crippen LogP contribution is 2.39. The maximum atomic E-state index is 6.17. The molecule has 4 heteroatoms. The van der Waals surface area contributed by atoms with Gasteiger partial charge in [0.15, 0.2) is 11.5 Å². The van der Waals surface area contributed by atoms with Crippen molar-refractivity contribution in [2.24, 2.45) is 5.92 Å². The summed E-state index contributed by atoms with van der Waals surface area (Å²) >= 11 is 6.17. The summed E-state index contributed by atoms with van der Waals surface area (Å²) < 4.78 is 10.7. The van der Waals surface area contributed by atoms with E-state index in [0.29, 0.717) is 16.8 Å². The van der Waals surface area contributed by atoms with Crippen LogP contribution in [0.25, 0.3) is 0 Å². The third kappa shape index (κ3) is 2.29. The van der Waals surface area contributed by atoms with Gasteiger partial charge in [0, 0.05) is 12.6 Å². The Kier molecular flexibility index (Phi) is 3.35. The summed E-state index contributed by atoms with van der Waals surface area (Å²) in [6.07, 6.45) is 3.94. The highest BCUT2D eigenvalue weighted by Gasteiger charge is 2.23. The van der Waals surface area contributed by atoms with E-state index >= 15 is 0 Å². The summed E-state index contributed by atoms with van der Waals surface area (Å²) in [6, 6.07) is 4.61. The van der Waals surface area contributed by atoms with Gasteiger partial charge in [-0.15, -0.1) is 0 Å². The van der Waals surface area contributed by atoms with Gasteiger partial charge in [-0.05, 0) is 36.5 Å². The number of benzene rings is 1. The van der Waals surface area contributed by atoms with E-state index < -0.39 is 0 Å². The average Bonchev–Trinajstić information content (AvgIpc) is 2.95. The molecule has 1 N–H and O–H groups in total. The first kappa shape index (κ1) is 12.1. The standard InChI is InChI=1S/C14H18ClNO2/c1-9-3-2-4-12(9)16-7-10-5-11(15)14-13(6-10)17-8-18-14/h5-6,9,12,16H,2-4,7-8H2,1H3. The summed E-state index contributed by atoms with van der Waals surface area (Å²) in [7, 11) is 0. The molecule has 0 radical (unpaired) electrons. The maximum Gasteiger partial charge on any atom is 0.231 e. The number of nitrogens with one attached hydrogen (secondary N) is 1. The molecule has 1 fully saturated rings. The van der Waals surface area contributed by atoms with Gasteiger partial charge in [-0.25, -0.2) is 0 Å². The zero-order chi connectivity index (χ0) is 12.5. The van der Waals surface area contributed by atoms with Crippen LogP contribution in [0.5, 0.6) is 11.5 Å². The molecular weight excluding hydrogens is 250 g/mol. The lowest BCUT2D eigenvalue weighted by molar-refractivity contribution is 0.174. The number of halogens is 1. The zero-order valence-corrected chi connectivity index (χ0v) is 11.3. The third-order valence-electron chi connectivity index (χ3n) is 3.92. The Bertz CT molecular complexity index is 450. The quantitative estimate of drug-likeness (QED) is 0.911. The second-order valence-corrected chi connectivity index (χ2v) is 5.61. The first-order valence-corrected chi connectivity index (χ1v) is 6.93. The van der Waals surface area contributed by atoms with Crippen molar-refractivity contribution in [2.75, 3.05) is 6.79 Å². The molecule has 0 bridgehead atoms. The largest absolute Gasteiger partial charge is 0.454 e.